The number of H-pyrrole nitrogens is 1. The second-order valence-electron chi connectivity index (χ2n) is 7.16. The topological polar surface area (TPSA) is 101 Å². The summed E-state index contributed by atoms with van der Waals surface area (Å²) >= 11 is 0. The number of benzene rings is 1. The van der Waals surface area contributed by atoms with Crippen molar-refractivity contribution in [2.45, 2.75) is 18.8 Å². The molecule has 3 aromatic rings. The Bertz CT molecular complexity index is 1080. The molecule has 0 aliphatic heterocycles. The molecule has 0 amide bonds. The Labute approximate surface area is 163 Å². The lowest BCUT2D eigenvalue weighted by atomic mass is 9.98. The number of rotatable bonds is 7. The molecule has 4 rings (SSSR count). The predicted molar refractivity (Wildman–Crippen MR) is 113 cm³/mol. The molecule has 1 aromatic carbocycles. The van der Waals surface area contributed by atoms with Crippen molar-refractivity contribution in [3.63, 3.8) is 0 Å². The number of aliphatic imine (C=N–C) groups is 1. The van der Waals surface area contributed by atoms with Crippen LogP contribution in [0.25, 0.3) is 22.2 Å². The molecule has 0 radical (unpaired) electrons. The summed E-state index contributed by atoms with van der Waals surface area (Å²) in [4.78, 5) is 11.7. The molecule has 0 bridgehead atoms. The van der Waals surface area contributed by atoms with Gasteiger partial charge in [-0.3, -0.25) is 4.99 Å². The first-order valence-corrected chi connectivity index (χ1v) is 9.41. The third-order valence-electron chi connectivity index (χ3n) is 5.16. The zero-order valence-electron chi connectivity index (χ0n) is 15.7. The second kappa shape index (κ2) is 7.65. The average molecular weight is 370 g/mol. The van der Waals surface area contributed by atoms with Crippen molar-refractivity contribution < 1.29 is 0 Å². The van der Waals surface area contributed by atoms with Gasteiger partial charge >= 0.3 is 0 Å². The van der Waals surface area contributed by atoms with Gasteiger partial charge in [-0.1, -0.05) is 6.07 Å². The van der Waals surface area contributed by atoms with E-state index in [9.17, 15) is 5.26 Å². The quantitative estimate of drug-likeness (QED) is 0.539. The molecule has 28 heavy (non-hydrogen) atoms. The third-order valence-corrected chi connectivity index (χ3v) is 5.16. The summed E-state index contributed by atoms with van der Waals surface area (Å²) in [7, 11) is 1.70. The Hall–Kier alpha value is -3.46. The molecule has 1 saturated carbocycles. The average Bonchev–Trinajstić information content (AvgIpc) is 3.47. The van der Waals surface area contributed by atoms with Crippen molar-refractivity contribution in [1.29, 1.82) is 10.7 Å². The van der Waals surface area contributed by atoms with Gasteiger partial charge < -0.3 is 15.7 Å². The Morgan fingerprint density at radius 3 is 3.00 bits per heavy atom. The molecule has 0 saturated heterocycles. The first-order chi connectivity index (χ1) is 13.7. The van der Waals surface area contributed by atoms with Gasteiger partial charge in [-0.15, -0.1) is 0 Å². The van der Waals surface area contributed by atoms with Crippen LogP contribution in [-0.4, -0.2) is 36.0 Å². The SMILES string of the molecule is CN=CC(C=N)c1cnc2[nH]cc(-c3ccc(NCC4CC4)c(C#N)c3)c2c1. The molecule has 140 valence electrons. The highest BCUT2D eigenvalue weighted by Crippen LogP contribution is 2.33. The highest BCUT2D eigenvalue weighted by molar-refractivity contribution is 5.96. The standard InChI is InChI=1S/C22H22N6/c1-25-11-18(9-24)17-7-19-20(13-28-22(19)27-12-17)15-4-5-21(16(6-15)8-23)26-10-14-2-3-14/h4-7,9,11-14,18,24,26H,2-3,10H2,1H3,(H,27,28). The zero-order chi connectivity index (χ0) is 19.5. The summed E-state index contributed by atoms with van der Waals surface area (Å²) < 4.78 is 0. The Kier molecular flexibility index (Phi) is 4.90. The Morgan fingerprint density at radius 2 is 2.29 bits per heavy atom. The number of nitrogens with one attached hydrogen (secondary N) is 3. The van der Waals surface area contributed by atoms with E-state index in [2.05, 4.69) is 26.3 Å². The third kappa shape index (κ3) is 3.52. The normalized spacial score (nSPS) is 14.9. The van der Waals surface area contributed by atoms with Crippen molar-refractivity contribution in [2.24, 2.45) is 10.9 Å². The number of aromatic amines is 1. The Balaban J connectivity index is 1.71. The van der Waals surface area contributed by atoms with Crippen LogP contribution in [0.5, 0.6) is 0 Å². The van der Waals surface area contributed by atoms with Gasteiger partial charge in [-0.25, -0.2) is 4.98 Å². The van der Waals surface area contributed by atoms with Crippen molar-refractivity contribution in [3.8, 4) is 17.2 Å². The lowest BCUT2D eigenvalue weighted by molar-refractivity contribution is 0.889. The molecule has 1 unspecified atom stereocenters. The fourth-order valence-electron chi connectivity index (χ4n) is 3.36. The second-order valence-corrected chi connectivity index (χ2v) is 7.16. The molecule has 6 nitrogen and oxygen atoms in total. The van der Waals surface area contributed by atoms with Crippen molar-refractivity contribution in [2.75, 3.05) is 18.9 Å². The summed E-state index contributed by atoms with van der Waals surface area (Å²) in [5.41, 5.74) is 5.19. The zero-order valence-corrected chi connectivity index (χ0v) is 15.7. The molecule has 0 spiro atoms. The first-order valence-electron chi connectivity index (χ1n) is 9.41. The smallest absolute Gasteiger partial charge is 0.137 e. The number of hydrogen-bond donors (Lipinski definition) is 3. The largest absolute Gasteiger partial charge is 0.384 e. The molecule has 1 aliphatic rings. The molecular weight excluding hydrogens is 348 g/mol. The van der Waals surface area contributed by atoms with E-state index in [4.69, 9.17) is 5.41 Å². The van der Waals surface area contributed by atoms with Gasteiger partial charge in [0, 0.05) is 49.4 Å². The van der Waals surface area contributed by atoms with E-state index >= 15 is 0 Å². The minimum absolute atomic E-state index is 0.201. The maximum atomic E-state index is 9.59. The van der Waals surface area contributed by atoms with E-state index in [0.29, 0.717) is 5.56 Å². The van der Waals surface area contributed by atoms with E-state index in [1.54, 1.807) is 19.5 Å². The summed E-state index contributed by atoms with van der Waals surface area (Å²) in [6.45, 7) is 0.929. The van der Waals surface area contributed by atoms with Gasteiger partial charge in [0.2, 0.25) is 0 Å². The molecule has 2 heterocycles. The lowest BCUT2D eigenvalue weighted by Crippen LogP contribution is -2.04. The van der Waals surface area contributed by atoms with Crippen LogP contribution in [0.4, 0.5) is 5.69 Å². The number of pyridine rings is 1. The summed E-state index contributed by atoms with van der Waals surface area (Å²) in [5, 5.41) is 21.6. The minimum Gasteiger partial charge on any atom is -0.384 e. The van der Waals surface area contributed by atoms with Crippen molar-refractivity contribution in [3.05, 3.63) is 47.8 Å². The molecular formula is C22H22N6. The van der Waals surface area contributed by atoms with Crippen molar-refractivity contribution in [1.82, 2.24) is 9.97 Å². The summed E-state index contributed by atoms with van der Waals surface area (Å²) in [6, 6.07) is 10.3. The highest BCUT2D eigenvalue weighted by atomic mass is 14.9. The Morgan fingerprint density at radius 1 is 1.43 bits per heavy atom. The maximum absolute atomic E-state index is 9.59. The summed E-state index contributed by atoms with van der Waals surface area (Å²) in [5.74, 6) is 0.547. The van der Waals surface area contributed by atoms with Crippen LogP contribution >= 0.6 is 0 Å². The van der Waals surface area contributed by atoms with Crippen LogP contribution in [0.2, 0.25) is 0 Å². The lowest BCUT2D eigenvalue weighted by Gasteiger charge is -2.10. The monoisotopic (exact) mass is 370 g/mol. The fraction of sp³-hybridized carbons (Fsp3) is 0.273. The number of aromatic nitrogens is 2. The molecule has 1 atom stereocenters. The van der Waals surface area contributed by atoms with E-state index in [1.807, 2.05) is 30.5 Å². The van der Waals surface area contributed by atoms with Gasteiger partial charge in [0.1, 0.15) is 11.7 Å². The van der Waals surface area contributed by atoms with Gasteiger partial charge in [-0.2, -0.15) is 5.26 Å². The highest BCUT2D eigenvalue weighted by Gasteiger charge is 2.21. The van der Waals surface area contributed by atoms with Crippen LogP contribution < -0.4 is 5.32 Å². The van der Waals surface area contributed by atoms with Crippen LogP contribution in [-0.2, 0) is 0 Å². The predicted octanol–water partition coefficient (Wildman–Crippen LogP) is 4.36. The van der Waals surface area contributed by atoms with E-state index in [1.165, 1.54) is 19.1 Å². The molecule has 6 heteroatoms. The van der Waals surface area contributed by atoms with Gasteiger partial charge in [0.05, 0.1) is 17.2 Å². The molecule has 2 aromatic heterocycles. The molecule has 3 N–H and O–H groups in total. The number of fused-ring (bicyclic) bond motifs is 1. The number of nitrogens with zero attached hydrogens (tertiary/aromatic N) is 3. The van der Waals surface area contributed by atoms with Crippen LogP contribution in [0.1, 0.15) is 29.9 Å². The number of hydrogen-bond acceptors (Lipinski definition) is 5. The number of anilines is 1. The maximum Gasteiger partial charge on any atom is 0.137 e. The van der Waals surface area contributed by atoms with Gasteiger partial charge in [-0.05, 0) is 48.1 Å². The minimum atomic E-state index is -0.201. The van der Waals surface area contributed by atoms with Crippen LogP contribution in [0, 0.1) is 22.7 Å². The first kappa shape index (κ1) is 17.9. The van der Waals surface area contributed by atoms with Gasteiger partial charge in [0.25, 0.3) is 0 Å². The molecule has 1 fully saturated rings. The number of nitriles is 1. The van der Waals surface area contributed by atoms with E-state index in [-0.39, 0.29) is 5.92 Å². The van der Waals surface area contributed by atoms with E-state index in [0.717, 1.165) is 45.9 Å². The van der Waals surface area contributed by atoms with Crippen molar-refractivity contribution >= 4 is 29.1 Å². The van der Waals surface area contributed by atoms with Gasteiger partial charge in [0.15, 0.2) is 0 Å². The van der Waals surface area contributed by atoms with Crippen LogP contribution in [0.3, 0.4) is 0 Å². The van der Waals surface area contributed by atoms with Crippen LogP contribution in [0.15, 0.2) is 41.7 Å². The fourth-order valence-corrected chi connectivity index (χ4v) is 3.36. The molecule has 1 aliphatic carbocycles. The summed E-state index contributed by atoms with van der Waals surface area (Å²) in [6.07, 6.45) is 9.33. The van der Waals surface area contributed by atoms with E-state index < -0.39 is 0 Å².